The van der Waals surface area contributed by atoms with Gasteiger partial charge in [0.15, 0.2) is 11.5 Å². The number of carbonyl (C=O) groups is 1. The Hall–Kier alpha value is -2.00. The maximum atomic E-state index is 12.1. The van der Waals surface area contributed by atoms with E-state index in [1.807, 2.05) is 10.3 Å². The van der Waals surface area contributed by atoms with Crippen LogP contribution in [0.2, 0.25) is 0 Å². The summed E-state index contributed by atoms with van der Waals surface area (Å²) < 4.78 is 39.8. The van der Waals surface area contributed by atoms with Crippen molar-refractivity contribution >= 4 is 16.1 Å². The largest absolute Gasteiger partial charge is 0.486 e. The summed E-state index contributed by atoms with van der Waals surface area (Å²) in [5.74, 6) is 0.816. The third kappa shape index (κ3) is 4.25. The van der Waals surface area contributed by atoms with Gasteiger partial charge in [0.05, 0.1) is 4.90 Å². The number of ether oxygens (including phenoxy) is 3. The van der Waals surface area contributed by atoms with Crippen LogP contribution in [0.4, 0.5) is 4.79 Å². The van der Waals surface area contributed by atoms with E-state index >= 15 is 0 Å². The van der Waals surface area contributed by atoms with Gasteiger partial charge in [0.1, 0.15) is 18.8 Å². The molecule has 1 aromatic rings. The molecule has 1 heterocycles. The van der Waals surface area contributed by atoms with Crippen LogP contribution in [0.5, 0.6) is 11.5 Å². The minimum atomic E-state index is -3.94. The van der Waals surface area contributed by atoms with Gasteiger partial charge in [0.2, 0.25) is 0 Å². The summed E-state index contributed by atoms with van der Waals surface area (Å²) in [5.41, 5.74) is 1.26. The summed E-state index contributed by atoms with van der Waals surface area (Å²) in [5, 5.41) is 0. The summed E-state index contributed by atoms with van der Waals surface area (Å²) in [7, 11) is -3.94. The van der Waals surface area contributed by atoms with Gasteiger partial charge in [-0.3, -0.25) is 0 Å². The van der Waals surface area contributed by atoms with Crippen molar-refractivity contribution in [3.63, 3.8) is 0 Å². The quantitative estimate of drug-likeness (QED) is 0.807. The number of amides is 1. The molecule has 2 N–H and O–H groups in total. The Morgan fingerprint density at radius 3 is 2.45 bits per heavy atom. The van der Waals surface area contributed by atoms with Gasteiger partial charge in [0.25, 0.3) is 10.0 Å². The lowest BCUT2D eigenvalue weighted by atomic mass is 10.2. The fourth-order valence-electron chi connectivity index (χ4n) is 1.66. The third-order valence-corrected chi connectivity index (χ3v) is 3.76. The van der Waals surface area contributed by atoms with Gasteiger partial charge < -0.3 is 14.2 Å². The zero-order valence-electron chi connectivity index (χ0n) is 12.5. The second-order valence-corrected chi connectivity index (χ2v) is 7.22. The highest BCUT2D eigenvalue weighted by atomic mass is 32.2. The SMILES string of the molecule is CC(C)(C)OC(=O)NNS(=O)(=O)c1ccc2c(c1)OCCO2. The van der Waals surface area contributed by atoms with Gasteiger partial charge in [-0.05, 0) is 32.9 Å². The van der Waals surface area contributed by atoms with Gasteiger partial charge in [-0.1, -0.05) is 0 Å². The number of carbonyl (C=O) groups excluding carboxylic acids is 1. The first-order chi connectivity index (χ1) is 10.2. The van der Waals surface area contributed by atoms with Crippen molar-refractivity contribution in [1.29, 1.82) is 0 Å². The van der Waals surface area contributed by atoms with Crippen LogP contribution in [-0.2, 0) is 14.8 Å². The molecular weight excluding hydrogens is 312 g/mol. The van der Waals surface area contributed by atoms with Crippen molar-refractivity contribution in [1.82, 2.24) is 10.3 Å². The molecule has 0 saturated carbocycles. The minimum absolute atomic E-state index is 0.0622. The maximum absolute atomic E-state index is 12.1. The Balaban J connectivity index is 2.06. The van der Waals surface area contributed by atoms with Gasteiger partial charge in [-0.15, -0.1) is 4.83 Å². The molecule has 0 aromatic heterocycles. The Morgan fingerprint density at radius 2 is 1.82 bits per heavy atom. The molecule has 8 nitrogen and oxygen atoms in total. The van der Waals surface area contributed by atoms with E-state index < -0.39 is 21.7 Å². The number of benzene rings is 1. The summed E-state index contributed by atoms with van der Waals surface area (Å²) in [4.78, 5) is 13.4. The molecule has 1 aliphatic heterocycles. The molecule has 0 radical (unpaired) electrons. The number of hydrazine groups is 1. The van der Waals surface area contributed by atoms with E-state index in [-0.39, 0.29) is 4.90 Å². The van der Waals surface area contributed by atoms with Crippen molar-refractivity contribution in [2.75, 3.05) is 13.2 Å². The molecule has 122 valence electrons. The molecule has 0 atom stereocenters. The number of hydrogen-bond donors (Lipinski definition) is 2. The lowest BCUT2D eigenvalue weighted by molar-refractivity contribution is 0.0515. The Kier molecular flexibility index (Phi) is 4.47. The van der Waals surface area contributed by atoms with Gasteiger partial charge >= 0.3 is 6.09 Å². The number of rotatable bonds is 3. The van der Waals surface area contributed by atoms with E-state index in [2.05, 4.69) is 0 Å². The van der Waals surface area contributed by atoms with E-state index in [0.29, 0.717) is 24.7 Å². The molecule has 0 aliphatic carbocycles. The predicted octanol–water partition coefficient (Wildman–Crippen LogP) is 1.18. The fraction of sp³-hybridized carbons (Fsp3) is 0.462. The number of fused-ring (bicyclic) bond motifs is 1. The lowest BCUT2D eigenvalue weighted by Gasteiger charge is -2.20. The first-order valence-electron chi connectivity index (χ1n) is 6.58. The zero-order valence-corrected chi connectivity index (χ0v) is 13.3. The summed E-state index contributed by atoms with van der Waals surface area (Å²) in [6.07, 6.45) is -0.895. The first kappa shape index (κ1) is 16.4. The monoisotopic (exact) mass is 330 g/mol. The van der Waals surface area contributed by atoms with Crippen LogP contribution in [0.15, 0.2) is 23.1 Å². The fourth-order valence-corrected chi connectivity index (χ4v) is 2.51. The first-order valence-corrected chi connectivity index (χ1v) is 8.06. The van der Waals surface area contributed by atoms with Gasteiger partial charge in [-0.25, -0.2) is 18.6 Å². The second kappa shape index (κ2) is 6.01. The second-order valence-electron chi connectivity index (χ2n) is 5.54. The van der Waals surface area contributed by atoms with Crippen LogP contribution in [0.3, 0.4) is 0 Å². The van der Waals surface area contributed by atoms with E-state index in [9.17, 15) is 13.2 Å². The molecule has 0 bridgehead atoms. The van der Waals surface area contributed by atoms with Crippen molar-refractivity contribution in [2.24, 2.45) is 0 Å². The van der Waals surface area contributed by atoms with Crippen LogP contribution in [0.25, 0.3) is 0 Å². The molecule has 0 unspecified atom stereocenters. The molecule has 9 heteroatoms. The van der Waals surface area contributed by atoms with E-state index in [1.54, 1.807) is 20.8 Å². The van der Waals surface area contributed by atoms with Crippen LogP contribution in [0, 0.1) is 0 Å². The van der Waals surface area contributed by atoms with Gasteiger partial charge in [-0.2, -0.15) is 0 Å². The molecule has 22 heavy (non-hydrogen) atoms. The Labute approximate surface area is 128 Å². The number of hydrogen-bond acceptors (Lipinski definition) is 6. The normalized spacial score (nSPS) is 14.3. The molecular formula is C13H18N2O6S. The van der Waals surface area contributed by atoms with Crippen molar-refractivity contribution < 1.29 is 27.4 Å². The smallest absolute Gasteiger partial charge is 0.423 e. The van der Waals surface area contributed by atoms with Crippen LogP contribution in [0.1, 0.15) is 20.8 Å². The Morgan fingerprint density at radius 1 is 1.18 bits per heavy atom. The van der Waals surface area contributed by atoms with Crippen LogP contribution in [-0.4, -0.2) is 33.3 Å². The molecule has 0 fully saturated rings. The van der Waals surface area contributed by atoms with E-state index in [0.717, 1.165) is 0 Å². The molecule has 1 aliphatic rings. The summed E-state index contributed by atoms with van der Waals surface area (Å²) in [6.45, 7) is 5.77. The molecule has 0 spiro atoms. The van der Waals surface area contributed by atoms with Crippen molar-refractivity contribution in [3.05, 3.63) is 18.2 Å². The predicted molar refractivity (Wildman–Crippen MR) is 77.1 cm³/mol. The summed E-state index contributed by atoms with van der Waals surface area (Å²) >= 11 is 0. The highest BCUT2D eigenvalue weighted by Crippen LogP contribution is 2.31. The zero-order chi connectivity index (χ0) is 16.4. The van der Waals surface area contributed by atoms with E-state index in [1.165, 1.54) is 18.2 Å². The third-order valence-electron chi connectivity index (χ3n) is 2.51. The molecule has 1 amide bonds. The maximum Gasteiger partial charge on any atom is 0.423 e. The molecule has 2 rings (SSSR count). The van der Waals surface area contributed by atoms with Crippen molar-refractivity contribution in [3.8, 4) is 11.5 Å². The standard InChI is InChI=1S/C13H18N2O6S/c1-13(2,3)21-12(16)14-15-22(17,18)9-4-5-10-11(8-9)20-7-6-19-10/h4-5,8,15H,6-7H2,1-3H3,(H,14,16). The average Bonchev–Trinajstić information content (AvgIpc) is 2.43. The van der Waals surface area contributed by atoms with E-state index in [4.69, 9.17) is 14.2 Å². The molecule has 0 saturated heterocycles. The minimum Gasteiger partial charge on any atom is -0.486 e. The van der Waals surface area contributed by atoms with Gasteiger partial charge in [0, 0.05) is 6.07 Å². The molecule has 1 aromatic carbocycles. The number of sulfonamides is 1. The van der Waals surface area contributed by atoms with Crippen LogP contribution >= 0.6 is 0 Å². The van der Waals surface area contributed by atoms with Crippen LogP contribution < -0.4 is 19.7 Å². The lowest BCUT2D eigenvalue weighted by Crippen LogP contribution is -2.44. The average molecular weight is 330 g/mol. The van der Waals surface area contributed by atoms with Crippen molar-refractivity contribution in [2.45, 2.75) is 31.3 Å². The Bertz CT molecular complexity index is 666. The number of nitrogens with one attached hydrogen (secondary N) is 2. The highest BCUT2D eigenvalue weighted by molar-refractivity contribution is 7.89. The summed E-state index contributed by atoms with van der Waals surface area (Å²) in [6, 6.07) is 4.18. The highest BCUT2D eigenvalue weighted by Gasteiger charge is 2.21. The topological polar surface area (TPSA) is 103 Å².